The number of nitrogens with one attached hydrogen (secondary N) is 1. The van der Waals surface area contributed by atoms with Gasteiger partial charge < -0.3 is 9.73 Å². The zero-order chi connectivity index (χ0) is 14.1. The van der Waals surface area contributed by atoms with Crippen molar-refractivity contribution in [2.75, 3.05) is 6.54 Å². The monoisotopic (exact) mass is 306 g/mol. The fourth-order valence-corrected chi connectivity index (χ4v) is 3.41. The van der Waals surface area contributed by atoms with E-state index in [-0.39, 0.29) is 6.04 Å². The lowest BCUT2D eigenvalue weighted by atomic mass is 10.1. The van der Waals surface area contributed by atoms with Gasteiger partial charge in [-0.05, 0) is 25.6 Å². The molecule has 0 fully saturated rings. The lowest BCUT2D eigenvalue weighted by molar-refractivity contribution is 0.479. The molecule has 0 aliphatic carbocycles. The molecule has 0 radical (unpaired) electrons. The van der Waals surface area contributed by atoms with E-state index < -0.39 is 0 Å². The summed E-state index contributed by atoms with van der Waals surface area (Å²) in [5.74, 6) is 0.877. The molecule has 0 bridgehead atoms. The van der Waals surface area contributed by atoms with Gasteiger partial charge in [-0.2, -0.15) is 0 Å². The Labute approximate surface area is 126 Å². The van der Waals surface area contributed by atoms with Gasteiger partial charge >= 0.3 is 0 Å². The number of nitrogens with zero attached hydrogens (tertiary/aromatic N) is 1. The summed E-state index contributed by atoms with van der Waals surface area (Å²) >= 11 is 7.82. The minimum Gasteiger partial charge on any atom is -0.457 e. The summed E-state index contributed by atoms with van der Waals surface area (Å²) in [6.07, 6.45) is 0. The van der Waals surface area contributed by atoms with Crippen molar-refractivity contribution >= 4 is 33.9 Å². The van der Waals surface area contributed by atoms with Crippen molar-refractivity contribution in [2.45, 2.75) is 19.9 Å². The second-order valence-electron chi connectivity index (χ2n) is 4.60. The number of aromatic nitrogens is 1. The Balaban J connectivity index is 2.10. The minimum absolute atomic E-state index is 0.0240. The molecule has 3 rings (SSSR count). The van der Waals surface area contributed by atoms with Crippen molar-refractivity contribution in [2.24, 2.45) is 0 Å². The van der Waals surface area contributed by atoms with Gasteiger partial charge in [0.05, 0.1) is 21.1 Å². The summed E-state index contributed by atoms with van der Waals surface area (Å²) in [4.78, 5) is 5.51. The maximum atomic E-state index is 6.18. The van der Waals surface area contributed by atoms with Crippen LogP contribution in [-0.4, -0.2) is 11.5 Å². The molecule has 5 heteroatoms. The topological polar surface area (TPSA) is 38.1 Å². The lowest BCUT2D eigenvalue weighted by Crippen LogP contribution is -2.21. The van der Waals surface area contributed by atoms with Crippen LogP contribution in [0.3, 0.4) is 0 Å². The van der Waals surface area contributed by atoms with Crippen LogP contribution in [0.5, 0.6) is 0 Å². The van der Waals surface area contributed by atoms with Crippen LogP contribution in [0.2, 0.25) is 5.02 Å². The first-order valence-electron chi connectivity index (χ1n) is 6.52. The molecule has 1 unspecified atom stereocenters. The summed E-state index contributed by atoms with van der Waals surface area (Å²) in [5, 5.41) is 5.13. The second-order valence-corrected chi connectivity index (χ2v) is 5.89. The van der Waals surface area contributed by atoms with Crippen molar-refractivity contribution in [3.8, 4) is 0 Å². The van der Waals surface area contributed by atoms with Gasteiger partial charge in [-0.3, -0.25) is 0 Å². The van der Waals surface area contributed by atoms with Crippen molar-refractivity contribution in [1.82, 2.24) is 10.3 Å². The molecule has 0 saturated carbocycles. The van der Waals surface area contributed by atoms with Gasteiger partial charge in [-0.25, -0.2) is 4.98 Å². The molecule has 1 atom stereocenters. The quantitative estimate of drug-likeness (QED) is 0.768. The van der Waals surface area contributed by atoms with E-state index in [9.17, 15) is 0 Å². The van der Waals surface area contributed by atoms with Gasteiger partial charge in [-0.1, -0.05) is 30.7 Å². The molecule has 104 valence electrons. The van der Waals surface area contributed by atoms with Gasteiger partial charge in [0.15, 0.2) is 5.58 Å². The third-order valence-electron chi connectivity index (χ3n) is 3.25. The first-order valence-corrected chi connectivity index (χ1v) is 7.77. The number of para-hydroxylation sites is 1. The second kappa shape index (κ2) is 5.56. The largest absolute Gasteiger partial charge is 0.457 e. The summed E-state index contributed by atoms with van der Waals surface area (Å²) in [7, 11) is 0. The van der Waals surface area contributed by atoms with Crippen LogP contribution in [0, 0.1) is 6.92 Å². The minimum atomic E-state index is 0.0240. The molecule has 1 N–H and O–H groups in total. The van der Waals surface area contributed by atoms with Crippen molar-refractivity contribution in [3.63, 3.8) is 0 Å². The van der Waals surface area contributed by atoms with Crippen LogP contribution in [0.15, 0.2) is 34.2 Å². The van der Waals surface area contributed by atoms with Crippen molar-refractivity contribution in [1.29, 1.82) is 0 Å². The Morgan fingerprint density at radius 2 is 2.30 bits per heavy atom. The Kier molecular flexibility index (Phi) is 3.78. The highest BCUT2D eigenvalue weighted by Crippen LogP contribution is 2.34. The van der Waals surface area contributed by atoms with E-state index in [0.717, 1.165) is 29.0 Å². The maximum absolute atomic E-state index is 6.18. The normalized spacial score (nSPS) is 12.9. The van der Waals surface area contributed by atoms with Crippen LogP contribution in [0.25, 0.3) is 11.0 Å². The zero-order valence-electron chi connectivity index (χ0n) is 11.3. The average molecular weight is 307 g/mol. The third-order valence-corrected chi connectivity index (χ3v) is 4.55. The fraction of sp³-hybridized carbons (Fsp3) is 0.267. The average Bonchev–Trinajstić information content (AvgIpc) is 3.03. The molecule has 1 aromatic carbocycles. The summed E-state index contributed by atoms with van der Waals surface area (Å²) < 4.78 is 5.98. The van der Waals surface area contributed by atoms with E-state index in [1.807, 2.05) is 36.7 Å². The molecule has 2 aromatic heterocycles. The number of fused-ring (bicyclic) bond motifs is 1. The molecule has 2 heterocycles. The number of benzene rings is 1. The van der Waals surface area contributed by atoms with Crippen LogP contribution in [0.4, 0.5) is 0 Å². The summed E-state index contributed by atoms with van der Waals surface area (Å²) in [5.41, 5.74) is 3.65. The van der Waals surface area contributed by atoms with Crippen LogP contribution < -0.4 is 5.32 Å². The number of hydrogen-bond donors (Lipinski definition) is 1. The molecule has 20 heavy (non-hydrogen) atoms. The summed E-state index contributed by atoms with van der Waals surface area (Å²) in [6, 6.07) is 7.86. The van der Waals surface area contributed by atoms with Gasteiger partial charge in [0.2, 0.25) is 0 Å². The standard InChI is InChI=1S/C15H15ClN2OS/c1-3-17-13(15-9(2)18-8-20-15)12-7-10-5-4-6-11(16)14(10)19-12/h4-8,13,17H,3H2,1-2H3. The molecule has 0 aliphatic rings. The molecule has 0 saturated heterocycles. The lowest BCUT2D eigenvalue weighted by Gasteiger charge is -2.14. The summed E-state index contributed by atoms with van der Waals surface area (Å²) in [6.45, 7) is 4.96. The van der Waals surface area contributed by atoms with Crippen LogP contribution in [-0.2, 0) is 0 Å². The predicted octanol–water partition coefficient (Wildman–Crippen LogP) is 4.55. The van der Waals surface area contributed by atoms with E-state index in [0.29, 0.717) is 5.02 Å². The number of furan rings is 1. The highest BCUT2D eigenvalue weighted by atomic mass is 35.5. The van der Waals surface area contributed by atoms with E-state index in [4.69, 9.17) is 16.0 Å². The fourth-order valence-electron chi connectivity index (χ4n) is 2.30. The first-order chi connectivity index (χ1) is 9.70. The third kappa shape index (κ3) is 2.35. The number of halogens is 1. The molecular formula is C15H15ClN2OS. The van der Waals surface area contributed by atoms with Crippen LogP contribution >= 0.6 is 22.9 Å². The SMILES string of the molecule is CCNC(c1cc2cccc(Cl)c2o1)c1scnc1C. The van der Waals surface area contributed by atoms with Crippen molar-refractivity contribution in [3.05, 3.63) is 51.1 Å². The Morgan fingerprint density at radius 3 is 2.95 bits per heavy atom. The van der Waals surface area contributed by atoms with E-state index in [1.54, 1.807) is 11.3 Å². The Morgan fingerprint density at radius 1 is 1.45 bits per heavy atom. The van der Waals surface area contributed by atoms with Crippen LogP contribution in [0.1, 0.15) is 29.3 Å². The maximum Gasteiger partial charge on any atom is 0.152 e. The van der Waals surface area contributed by atoms with E-state index in [2.05, 4.69) is 17.2 Å². The molecular weight excluding hydrogens is 292 g/mol. The Bertz CT molecular complexity index is 734. The molecule has 3 aromatic rings. The molecule has 0 spiro atoms. The highest BCUT2D eigenvalue weighted by Gasteiger charge is 2.21. The predicted molar refractivity (Wildman–Crippen MR) is 83.6 cm³/mol. The molecule has 0 aliphatic heterocycles. The van der Waals surface area contributed by atoms with Crippen molar-refractivity contribution < 1.29 is 4.42 Å². The first kappa shape index (κ1) is 13.6. The van der Waals surface area contributed by atoms with Gasteiger partial charge in [0, 0.05) is 5.39 Å². The van der Waals surface area contributed by atoms with E-state index >= 15 is 0 Å². The van der Waals surface area contributed by atoms with Gasteiger partial charge in [0.1, 0.15) is 11.8 Å². The van der Waals surface area contributed by atoms with Gasteiger partial charge in [-0.15, -0.1) is 11.3 Å². The highest BCUT2D eigenvalue weighted by molar-refractivity contribution is 7.09. The zero-order valence-corrected chi connectivity index (χ0v) is 12.9. The Hall–Kier alpha value is -1.36. The number of hydrogen-bond acceptors (Lipinski definition) is 4. The number of aryl methyl sites for hydroxylation is 1. The van der Waals surface area contributed by atoms with E-state index in [1.165, 1.54) is 4.88 Å². The smallest absolute Gasteiger partial charge is 0.152 e. The number of rotatable bonds is 4. The molecule has 0 amide bonds. The number of thiazole rings is 1. The van der Waals surface area contributed by atoms with Gasteiger partial charge in [0.25, 0.3) is 0 Å². The molecule has 3 nitrogen and oxygen atoms in total.